The summed E-state index contributed by atoms with van der Waals surface area (Å²) >= 11 is 0. The number of hydrogen-bond donors (Lipinski definition) is 1. The van der Waals surface area contributed by atoms with Crippen LogP contribution in [0.1, 0.15) is 38.4 Å². The van der Waals surface area contributed by atoms with Crippen LogP contribution in [0.15, 0.2) is 12.3 Å². The molecule has 1 atom stereocenters. The van der Waals surface area contributed by atoms with Gasteiger partial charge in [-0.25, -0.2) is 0 Å². The van der Waals surface area contributed by atoms with E-state index in [0.717, 1.165) is 12.2 Å². The summed E-state index contributed by atoms with van der Waals surface area (Å²) in [5.74, 6) is 0. The molecule has 16 heavy (non-hydrogen) atoms. The lowest BCUT2D eigenvalue weighted by Crippen LogP contribution is -2.41. The van der Waals surface area contributed by atoms with Crippen molar-refractivity contribution in [1.82, 2.24) is 14.7 Å². The van der Waals surface area contributed by atoms with Gasteiger partial charge in [-0.15, -0.1) is 0 Å². The molecule has 1 aromatic rings. The van der Waals surface area contributed by atoms with Crippen LogP contribution < -0.4 is 5.73 Å². The van der Waals surface area contributed by atoms with E-state index in [9.17, 15) is 0 Å². The van der Waals surface area contributed by atoms with E-state index in [0.29, 0.717) is 18.6 Å². The van der Waals surface area contributed by atoms with E-state index in [1.54, 1.807) is 0 Å². The van der Waals surface area contributed by atoms with E-state index in [1.807, 2.05) is 12.3 Å². The lowest BCUT2D eigenvalue weighted by molar-refractivity contribution is 0.136. The monoisotopic (exact) mass is 222 g/mol. The van der Waals surface area contributed by atoms with Crippen LogP contribution in [0.3, 0.4) is 0 Å². The van der Waals surface area contributed by atoms with Crippen molar-refractivity contribution in [2.24, 2.45) is 5.73 Å². The van der Waals surface area contributed by atoms with Crippen molar-refractivity contribution in [3.63, 3.8) is 0 Å². The van der Waals surface area contributed by atoms with Crippen LogP contribution in [0.25, 0.3) is 0 Å². The fourth-order valence-corrected chi connectivity index (χ4v) is 2.48. The third-order valence-corrected chi connectivity index (χ3v) is 3.47. The molecule has 4 nitrogen and oxygen atoms in total. The third kappa shape index (κ3) is 2.28. The Bertz CT molecular complexity index is 332. The first kappa shape index (κ1) is 11.6. The average molecular weight is 222 g/mol. The highest BCUT2D eigenvalue weighted by atomic mass is 15.3. The molecule has 0 spiro atoms. The largest absolute Gasteiger partial charge is 0.325 e. The third-order valence-electron chi connectivity index (χ3n) is 3.47. The molecule has 90 valence electrons. The Labute approximate surface area is 97.4 Å². The van der Waals surface area contributed by atoms with Gasteiger partial charge in [0.2, 0.25) is 0 Å². The molecule has 0 bridgehead atoms. The Morgan fingerprint density at radius 2 is 2.38 bits per heavy atom. The zero-order valence-corrected chi connectivity index (χ0v) is 10.3. The van der Waals surface area contributed by atoms with Crippen LogP contribution in [-0.4, -0.2) is 33.8 Å². The van der Waals surface area contributed by atoms with Crippen LogP contribution in [0, 0.1) is 0 Å². The van der Waals surface area contributed by atoms with E-state index < -0.39 is 0 Å². The summed E-state index contributed by atoms with van der Waals surface area (Å²) in [4.78, 5) is 2.52. The molecule has 0 amide bonds. The van der Waals surface area contributed by atoms with Crippen LogP contribution in [0.4, 0.5) is 0 Å². The Morgan fingerprint density at radius 3 is 3.06 bits per heavy atom. The summed E-state index contributed by atoms with van der Waals surface area (Å²) in [6.07, 6.45) is 4.33. The Morgan fingerprint density at radius 1 is 1.56 bits per heavy atom. The minimum atomic E-state index is 0.504. The number of nitrogens with zero attached hydrogens (tertiary/aromatic N) is 3. The van der Waals surface area contributed by atoms with Gasteiger partial charge in [0.1, 0.15) is 0 Å². The number of aromatic nitrogens is 2. The summed E-state index contributed by atoms with van der Waals surface area (Å²) in [5, 5.41) is 4.41. The first-order valence-corrected chi connectivity index (χ1v) is 6.19. The van der Waals surface area contributed by atoms with Crippen molar-refractivity contribution in [3.05, 3.63) is 18.0 Å². The molecule has 0 aromatic carbocycles. The van der Waals surface area contributed by atoms with Crippen molar-refractivity contribution in [1.29, 1.82) is 0 Å². The van der Waals surface area contributed by atoms with Crippen molar-refractivity contribution in [3.8, 4) is 0 Å². The van der Waals surface area contributed by atoms with E-state index >= 15 is 0 Å². The standard InChI is InChI=1S/C12H22N4/c1-10(2)15-7-3-4-12(9-15)16-11(8-13)5-6-14-16/h5-6,10,12H,3-4,7-9,13H2,1-2H3. The smallest absolute Gasteiger partial charge is 0.0650 e. The van der Waals surface area contributed by atoms with Gasteiger partial charge in [-0.05, 0) is 39.3 Å². The fourth-order valence-electron chi connectivity index (χ4n) is 2.48. The van der Waals surface area contributed by atoms with E-state index in [-0.39, 0.29) is 0 Å². The molecule has 2 N–H and O–H groups in total. The molecule has 0 radical (unpaired) electrons. The summed E-state index contributed by atoms with van der Waals surface area (Å²) in [7, 11) is 0. The van der Waals surface area contributed by atoms with Gasteiger partial charge in [0.25, 0.3) is 0 Å². The topological polar surface area (TPSA) is 47.1 Å². The van der Waals surface area contributed by atoms with Gasteiger partial charge < -0.3 is 5.73 Å². The zero-order valence-electron chi connectivity index (χ0n) is 10.3. The molecule has 2 heterocycles. The first-order chi connectivity index (χ1) is 7.72. The summed E-state index contributed by atoms with van der Waals surface area (Å²) in [6, 6.07) is 3.15. The fraction of sp³-hybridized carbons (Fsp3) is 0.750. The summed E-state index contributed by atoms with van der Waals surface area (Å²) in [6.45, 7) is 7.42. The molecule has 1 saturated heterocycles. The second-order valence-electron chi connectivity index (χ2n) is 4.86. The molecule has 2 rings (SSSR count). The number of rotatable bonds is 3. The van der Waals surface area contributed by atoms with Gasteiger partial charge >= 0.3 is 0 Å². The Balaban J connectivity index is 2.09. The highest BCUT2D eigenvalue weighted by molar-refractivity contribution is 5.02. The summed E-state index contributed by atoms with van der Waals surface area (Å²) in [5.41, 5.74) is 6.87. The highest BCUT2D eigenvalue weighted by Gasteiger charge is 2.24. The van der Waals surface area contributed by atoms with Crippen LogP contribution in [-0.2, 0) is 6.54 Å². The molecule has 4 heteroatoms. The molecule has 1 aromatic heterocycles. The van der Waals surface area contributed by atoms with Gasteiger partial charge in [-0.2, -0.15) is 5.10 Å². The van der Waals surface area contributed by atoms with Gasteiger partial charge in [-0.1, -0.05) is 0 Å². The Kier molecular flexibility index (Phi) is 3.61. The number of nitrogens with two attached hydrogens (primary N) is 1. The number of hydrogen-bond acceptors (Lipinski definition) is 3. The van der Waals surface area contributed by atoms with E-state index in [2.05, 4.69) is 28.5 Å². The molecule has 1 unspecified atom stereocenters. The maximum atomic E-state index is 5.72. The van der Waals surface area contributed by atoms with Crippen molar-refractivity contribution in [2.75, 3.05) is 13.1 Å². The predicted molar refractivity (Wildman–Crippen MR) is 65.1 cm³/mol. The van der Waals surface area contributed by atoms with Crippen LogP contribution in [0.5, 0.6) is 0 Å². The minimum Gasteiger partial charge on any atom is -0.325 e. The molecule has 1 fully saturated rings. The van der Waals surface area contributed by atoms with E-state index in [1.165, 1.54) is 19.4 Å². The van der Waals surface area contributed by atoms with E-state index in [4.69, 9.17) is 5.73 Å². The number of piperidine rings is 1. The zero-order chi connectivity index (χ0) is 11.5. The number of likely N-dealkylation sites (tertiary alicyclic amines) is 1. The second-order valence-corrected chi connectivity index (χ2v) is 4.86. The van der Waals surface area contributed by atoms with Crippen molar-refractivity contribution >= 4 is 0 Å². The van der Waals surface area contributed by atoms with Crippen LogP contribution in [0.2, 0.25) is 0 Å². The van der Waals surface area contributed by atoms with Crippen molar-refractivity contribution in [2.45, 2.75) is 45.3 Å². The molecule has 0 aliphatic carbocycles. The minimum absolute atomic E-state index is 0.504. The predicted octanol–water partition coefficient (Wildman–Crippen LogP) is 1.39. The molecule has 1 aliphatic heterocycles. The van der Waals surface area contributed by atoms with Gasteiger partial charge in [0, 0.05) is 25.3 Å². The van der Waals surface area contributed by atoms with Gasteiger partial charge in [0.15, 0.2) is 0 Å². The molecule has 0 saturated carbocycles. The second kappa shape index (κ2) is 4.97. The Hall–Kier alpha value is -0.870. The van der Waals surface area contributed by atoms with Gasteiger partial charge in [0.05, 0.1) is 11.7 Å². The molecular formula is C12H22N4. The van der Waals surface area contributed by atoms with Crippen LogP contribution >= 0.6 is 0 Å². The van der Waals surface area contributed by atoms with Crippen molar-refractivity contribution < 1.29 is 0 Å². The maximum Gasteiger partial charge on any atom is 0.0650 e. The molecule has 1 aliphatic rings. The SMILES string of the molecule is CC(C)N1CCCC(n2nccc2CN)C1. The first-order valence-electron chi connectivity index (χ1n) is 6.19. The molecular weight excluding hydrogens is 200 g/mol. The average Bonchev–Trinajstić information content (AvgIpc) is 2.77. The maximum absolute atomic E-state index is 5.72. The quantitative estimate of drug-likeness (QED) is 0.840. The summed E-state index contributed by atoms with van der Waals surface area (Å²) < 4.78 is 2.12. The highest BCUT2D eigenvalue weighted by Crippen LogP contribution is 2.23. The lowest BCUT2D eigenvalue weighted by Gasteiger charge is -2.36. The normalized spacial score (nSPS) is 22.9. The van der Waals surface area contributed by atoms with Gasteiger partial charge in [-0.3, -0.25) is 9.58 Å². The lowest BCUT2D eigenvalue weighted by atomic mass is 10.0.